The lowest BCUT2D eigenvalue weighted by Gasteiger charge is -2.06. The third kappa shape index (κ3) is 2.36. The number of nitrogen functional groups attached to an aromatic ring is 1. The summed E-state index contributed by atoms with van der Waals surface area (Å²) in [7, 11) is 1.60. The Morgan fingerprint density at radius 1 is 1.29 bits per heavy atom. The smallest absolute Gasteiger partial charge is 0.223 e. The van der Waals surface area contributed by atoms with Gasteiger partial charge in [0, 0.05) is 5.39 Å². The molecule has 0 saturated heterocycles. The van der Waals surface area contributed by atoms with Crippen molar-refractivity contribution in [1.82, 2.24) is 19.6 Å². The van der Waals surface area contributed by atoms with E-state index in [1.807, 2.05) is 32.0 Å². The lowest BCUT2D eigenvalue weighted by atomic mass is 10.2. The zero-order valence-corrected chi connectivity index (χ0v) is 12.2. The second-order valence-corrected chi connectivity index (χ2v) is 4.95. The minimum atomic E-state index is 0.115. The van der Waals surface area contributed by atoms with Crippen LogP contribution in [0.5, 0.6) is 5.75 Å². The van der Waals surface area contributed by atoms with Crippen LogP contribution >= 0.6 is 0 Å². The van der Waals surface area contributed by atoms with Gasteiger partial charge >= 0.3 is 0 Å². The minimum absolute atomic E-state index is 0.115. The van der Waals surface area contributed by atoms with Crippen molar-refractivity contribution in [3.63, 3.8) is 0 Å². The third-order valence-electron chi connectivity index (χ3n) is 3.10. The van der Waals surface area contributed by atoms with Crippen LogP contribution in [-0.4, -0.2) is 32.8 Å². The number of para-hydroxylation sites is 1. The molecule has 0 aliphatic heterocycles. The van der Waals surface area contributed by atoms with Gasteiger partial charge in [0.25, 0.3) is 0 Å². The lowest BCUT2D eigenvalue weighted by molar-refractivity contribution is 0.0614. The average Bonchev–Trinajstić information content (AvgIpc) is 2.90. The molecule has 2 N–H and O–H groups in total. The van der Waals surface area contributed by atoms with Gasteiger partial charge in [-0.05, 0) is 26.0 Å². The molecule has 0 radical (unpaired) electrons. The summed E-state index contributed by atoms with van der Waals surface area (Å²) in [6.45, 7) is 4.27. The van der Waals surface area contributed by atoms with Crippen LogP contribution in [0.2, 0.25) is 0 Å². The van der Waals surface area contributed by atoms with Crippen molar-refractivity contribution in [1.29, 1.82) is 0 Å². The number of aromatic nitrogens is 4. The summed E-state index contributed by atoms with van der Waals surface area (Å²) in [5.74, 6) is 1.50. The Kier molecular flexibility index (Phi) is 3.34. The molecule has 7 nitrogen and oxygen atoms in total. The highest BCUT2D eigenvalue weighted by Gasteiger charge is 2.14. The summed E-state index contributed by atoms with van der Waals surface area (Å²) >= 11 is 0. The molecule has 0 amide bonds. The highest BCUT2D eigenvalue weighted by atomic mass is 16.5. The topological polar surface area (TPSA) is 87.6 Å². The van der Waals surface area contributed by atoms with Gasteiger partial charge in [0.2, 0.25) is 5.95 Å². The first-order valence-corrected chi connectivity index (χ1v) is 6.69. The number of methoxy groups -OCH3 is 1. The number of nitrogens with zero attached hydrogens (tertiary/aromatic N) is 4. The number of hydrogen-bond acceptors (Lipinski definition) is 6. The van der Waals surface area contributed by atoms with Gasteiger partial charge in [-0.3, -0.25) is 0 Å². The molecule has 2 aromatic heterocycles. The van der Waals surface area contributed by atoms with E-state index >= 15 is 0 Å². The first-order valence-electron chi connectivity index (χ1n) is 6.69. The van der Waals surface area contributed by atoms with Gasteiger partial charge in [-0.15, -0.1) is 5.10 Å². The van der Waals surface area contributed by atoms with Crippen LogP contribution in [0.4, 0.5) is 5.95 Å². The number of hydrogen-bond donors (Lipinski definition) is 1. The van der Waals surface area contributed by atoms with E-state index in [2.05, 4.69) is 15.1 Å². The predicted molar refractivity (Wildman–Crippen MR) is 79.2 cm³/mol. The van der Waals surface area contributed by atoms with Crippen molar-refractivity contribution < 1.29 is 9.47 Å². The van der Waals surface area contributed by atoms with E-state index in [0.29, 0.717) is 29.3 Å². The molecule has 3 aromatic rings. The third-order valence-corrected chi connectivity index (χ3v) is 3.10. The number of anilines is 1. The molecule has 2 heterocycles. The largest absolute Gasteiger partial charge is 0.494 e. The summed E-state index contributed by atoms with van der Waals surface area (Å²) in [6.07, 6.45) is 0.115. The SMILES string of the molecule is COc1cccc2c1nc(N)n1nc(COC(C)C)nc21. The van der Waals surface area contributed by atoms with Crippen molar-refractivity contribution in [3.05, 3.63) is 24.0 Å². The maximum atomic E-state index is 5.97. The molecule has 3 rings (SSSR count). The summed E-state index contributed by atoms with van der Waals surface area (Å²) in [5.41, 5.74) is 7.29. The standard InChI is InChI=1S/C14H17N5O2/c1-8(2)21-7-11-16-13-9-5-4-6-10(20-3)12(9)17-14(15)19(13)18-11/h4-6,8H,7H2,1-3H3,(H2,15,17). The van der Waals surface area contributed by atoms with E-state index in [4.69, 9.17) is 15.2 Å². The molecule has 0 bridgehead atoms. The van der Waals surface area contributed by atoms with Crippen molar-refractivity contribution in [2.24, 2.45) is 0 Å². The maximum Gasteiger partial charge on any atom is 0.223 e. The Bertz CT molecular complexity index is 797. The molecule has 1 aromatic carbocycles. The van der Waals surface area contributed by atoms with Crippen molar-refractivity contribution in [3.8, 4) is 5.75 Å². The van der Waals surface area contributed by atoms with Gasteiger partial charge in [0.15, 0.2) is 11.5 Å². The van der Waals surface area contributed by atoms with E-state index in [-0.39, 0.29) is 12.1 Å². The number of ether oxygens (including phenoxy) is 2. The molecule has 0 saturated carbocycles. The lowest BCUT2D eigenvalue weighted by Crippen LogP contribution is -2.05. The van der Waals surface area contributed by atoms with Gasteiger partial charge in [-0.2, -0.15) is 4.52 Å². The molecular weight excluding hydrogens is 270 g/mol. The predicted octanol–water partition coefficient (Wildman–Crippen LogP) is 1.79. The Balaban J connectivity index is 2.19. The van der Waals surface area contributed by atoms with Crippen LogP contribution in [0.3, 0.4) is 0 Å². The van der Waals surface area contributed by atoms with E-state index in [0.717, 1.165) is 5.39 Å². The maximum absolute atomic E-state index is 5.97. The summed E-state index contributed by atoms with van der Waals surface area (Å²) < 4.78 is 12.4. The summed E-state index contributed by atoms with van der Waals surface area (Å²) in [5, 5.41) is 5.18. The quantitative estimate of drug-likeness (QED) is 0.787. The van der Waals surface area contributed by atoms with Gasteiger partial charge in [-0.1, -0.05) is 6.07 Å². The van der Waals surface area contributed by atoms with Crippen molar-refractivity contribution in [2.45, 2.75) is 26.6 Å². The average molecular weight is 287 g/mol. The number of benzene rings is 1. The van der Waals surface area contributed by atoms with E-state index < -0.39 is 0 Å². The summed E-state index contributed by atoms with van der Waals surface area (Å²) in [4.78, 5) is 8.86. The highest BCUT2D eigenvalue weighted by Crippen LogP contribution is 2.27. The Labute approximate surface area is 121 Å². The molecular formula is C14H17N5O2. The normalized spacial score (nSPS) is 11.6. The van der Waals surface area contributed by atoms with E-state index in [1.54, 1.807) is 7.11 Å². The Hall–Kier alpha value is -2.41. The van der Waals surface area contributed by atoms with Gasteiger partial charge in [-0.25, -0.2) is 9.97 Å². The second kappa shape index (κ2) is 5.17. The van der Waals surface area contributed by atoms with Gasteiger partial charge in [0.1, 0.15) is 17.9 Å². The minimum Gasteiger partial charge on any atom is -0.494 e. The fourth-order valence-electron chi connectivity index (χ4n) is 2.14. The molecule has 0 aliphatic rings. The van der Waals surface area contributed by atoms with Gasteiger partial charge in [0.05, 0.1) is 13.2 Å². The number of rotatable bonds is 4. The summed E-state index contributed by atoms with van der Waals surface area (Å²) in [6, 6.07) is 5.64. The monoisotopic (exact) mass is 287 g/mol. The van der Waals surface area contributed by atoms with Crippen LogP contribution in [0.25, 0.3) is 16.6 Å². The van der Waals surface area contributed by atoms with E-state index in [1.165, 1.54) is 4.52 Å². The first-order chi connectivity index (χ1) is 10.1. The molecule has 21 heavy (non-hydrogen) atoms. The first kappa shape index (κ1) is 13.6. The number of fused-ring (bicyclic) bond motifs is 3. The molecule has 0 unspecified atom stereocenters. The number of nitrogens with two attached hydrogens (primary N) is 1. The van der Waals surface area contributed by atoms with Crippen LogP contribution in [0.1, 0.15) is 19.7 Å². The molecule has 0 spiro atoms. The fourth-order valence-corrected chi connectivity index (χ4v) is 2.14. The van der Waals surface area contributed by atoms with Gasteiger partial charge < -0.3 is 15.2 Å². The van der Waals surface area contributed by atoms with Crippen LogP contribution in [-0.2, 0) is 11.3 Å². The fraction of sp³-hybridized carbons (Fsp3) is 0.357. The molecule has 0 fully saturated rings. The second-order valence-electron chi connectivity index (χ2n) is 4.95. The van der Waals surface area contributed by atoms with Crippen LogP contribution in [0.15, 0.2) is 18.2 Å². The van der Waals surface area contributed by atoms with Crippen LogP contribution in [0, 0.1) is 0 Å². The molecule has 110 valence electrons. The van der Waals surface area contributed by atoms with Crippen molar-refractivity contribution >= 4 is 22.5 Å². The Morgan fingerprint density at radius 3 is 2.81 bits per heavy atom. The molecule has 0 atom stereocenters. The highest BCUT2D eigenvalue weighted by molar-refractivity contribution is 5.95. The molecule has 7 heteroatoms. The van der Waals surface area contributed by atoms with E-state index in [9.17, 15) is 0 Å². The van der Waals surface area contributed by atoms with Crippen LogP contribution < -0.4 is 10.5 Å². The van der Waals surface area contributed by atoms with Crippen molar-refractivity contribution in [2.75, 3.05) is 12.8 Å². The molecule has 0 aliphatic carbocycles. The zero-order chi connectivity index (χ0) is 15.0. The zero-order valence-electron chi connectivity index (χ0n) is 12.2. The Morgan fingerprint density at radius 2 is 2.10 bits per heavy atom.